The first-order valence-corrected chi connectivity index (χ1v) is 5.58. The monoisotopic (exact) mass is 285 g/mol. The maximum absolute atomic E-state index is 13.4. The van der Waals surface area contributed by atoms with E-state index in [0.29, 0.717) is 0 Å². The number of hydrogen-bond acceptors (Lipinski definition) is 3. The van der Waals surface area contributed by atoms with E-state index in [9.17, 15) is 23.1 Å². The van der Waals surface area contributed by atoms with Gasteiger partial charge < -0.3 is 10.4 Å². The molecular weight excluding hydrogens is 275 g/mol. The predicted molar refractivity (Wildman–Crippen MR) is 64.2 cm³/mol. The second kappa shape index (κ2) is 5.64. The van der Waals surface area contributed by atoms with Crippen LogP contribution in [-0.2, 0) is 6.54 Å². The zero-order valence-corrected chi connectivity index (χ0v) is 10.1. The van der Waals surface area contributed by atoms with E-state index < -0.39 is 36.0 Å². The van der Waals surface area contributed by atoms with E-state index in [1.165, 1.54) is 18.3 Å². The molecule has 1 amide bonds. The summed E-state index contributed by atoms with van der Waals surface area (Å²) in [6.45, 7) is -0.610. The first-order valence-electron chi connectivity index (χ1n) is 5.58. The molecule has 0 aliphatic carbocycles. The molecule has 0 bridgehead atoms. The summed E-state index contributed by atoms with van der Waals surface area (Å²) in [5, 5.41) is 15.3. The number of benzene rings is 1. The standard InChI is InChI=1S/C12H10F3N3O2/c13-7-2-1-3-8(19)11(7)12(20)16-10-4-5-18(17-10)6-9(14)15/h1-5,9,19H,6H2,(H,16,17,20). The van der Waals surface area contributed by atoms with Crippen LogP contribution in [0.5, 0.6) is 5.75 Å². The Balaban J connectivity index is 2.14. The van der Waals surface area contributed by atoms with Gasteiger partial charge in [0, 0.05) is 12.3 Å². The predicted octanol–water partition coefficient (Wildman–Crippen LogP) is 2.25. The number of nitrogens with zero attached hydrogens (tertiary/aromatic N) is 2. The lowest BCUT2D eigenvalue weighted by atomic mass is 10.2. The number of rotatable bonds is 4. The Labute approximate surface area is 111 Å². The number of phenolic OH excluding ortho intramolecular Hbond substituents is 1. The quantitative estimate of drug-likeness (QED) is 0.905. The Morgan fingerprint density at radius 1 is 1.40 bits per heavy atom. The van der Waals surface area contributed by atoms with Crippen LogP contribution in [0, 0.1) is 5.82 Å². The van der Waals surface area contributed by atoms with Gasteiger partial charge in [0.15, 0.2) is 5.82 Å². The largest absolute Gasteiger partial charge is 0.507 e. The molecule has 0 atom stereocenters. The van der Waals surface area contributed by atoms with Crippen molar-refractivity contribution in [3.63, 3.8) is 0 Å². The second-order valence-corrected chi connectivity index (χ2v) is 3.90. The van der Waals surface area contributed by atoms with E-state index in [1.807, 2.05) is 0 Å². The number of phenols is 1. The zero-order chi connectivity index (χ0) is 14.7. The third-order valence-corrected chi connectivity index (χ3v) is 2.43. The summed E-state index contributed by atoms with van der Waals surface area (Å²) in [5.74, 6) is -2.34. The highest BCUT2D eigenvalue weighted by molar-refractivity contribution is 6.05. The lowest BCUT2D eigenvalue weighted by Crippen LogP contribution is -2.15. The topological polar surface area (TPSA) is 67.2 Å². The minimum atomic E-state index is -2.57. The highest BCUT2D eigenvalue weighted by atomic mass is 19.3. The lowest BCUT2D eigenvalue weighted by molar-refractivity contribution is 0.102. The SMILES string of the molecule is O=C(Nc1ccn(CC(F)F)n1)c1c(O)cccc1F. The van der Waals surface area contributed by atoms with Crippen LogP contribution in [0.4, 0.5) is 19.0 Å². The molecular formula is C12H10F3N3O2. The minimum Gasteiger partial charge on any atom is -0.507 e. The van der Waals surface area contributed by atoms with Crippen LogP contribution in [0.2, 0.25) is 0 Å². The van der Waals surface area contributed by atoms with E-state index in [1.54, 1.807) is 0 Å². The van der Waals surface area contributed by atoms with Crippen molar-refractivity contribution in [2.45, 2.75) is 13.0 Å². The molecule has 8 heteroatoms. The summed E-state index contributed by atoms with van der Waals surface area (Å²) in [6.07, 6.45) is -1.32. The van der Waals surface area contributed by atoms with E-state index in [-0.39, 0.29) is 5.82 Å². The van der Waals surface area contributed by atoms with E-state index in [4.69, 9.17) is 0 Å². The van der Waals surface area contributed by atoms with Crippen LogP contribution in [0.15, 0.2) is 30.5 Å². The Morgan fingerprint density at radius 2 is 2.15 bits per heavy atom. The maximum Gasteiger partial charge on any atom is 0.263 e. The fourth-order valence-electron chi connectivity index (χ4n) is 1.59. The van der Waals surface area contributed by atoms with Crippen molar-refractivity contribution in [1.82, 2.24) is 9.78 Å². The fourth-order valence-corrected chi connectivity index (χ4v) is 1.59. The Morgan fingerprint density at radius 3 is 2.80 bits per heavy atom. The molecule has 0 radical (unpaired) electrons. The molecule has 0 saturated carbocycles. The number of halogens is 3. The number of aromatic hydroxyl groups is 1. The Kier molecular flexibility index (Phi) is 3.92. The molecule has 2 rings (SSSR count). The van der Waals surface area contributed by atoms with E-state index in [2.05, 4.69) is 10.4 Å². The highest BCUT2D eigenvalue weighted by Gasteiger charge is 2.17. The number of nitrogens with one attached hydrogen (secondary N) is 1. The smallest absolute Gasteiger partial charge is 0.263 e. The van der Waals surface area contributed by atoms with Crippen molar-refractivity contribution < 1.29 is 23.1 Å². The molecule has 0 spiro atoms. The van der Waals surface area contributed by atoms with E-state index >= 15 is 0 Å². The number of carbonyl (C=O) groups is 1. The summed E-state index contributed by atoms with van der Waals surface area (Å²) < 4.78 is 38.6. The van der Waals surface area contributed by atoms with Gasteiger partial charge in [-0.3, -0.25) is 9.48 Å². The molecule has 0 aliphatic heterocycles. The molecule has 0 fully saturated rings. The van der Waals surface area contributed by atoms with Gasteiger partial charge in [0.05, 0.1) is 0 Å². The number of amides is 1. The summed E-state index contributed by atoms with van der Waals surface area (Å²) in [7, 11) is 0. The van der Waals surface area contributed by atoms with Crippen molar-refractivity contribution in [3.05, 3.63) is 41.8 Å². The van der Waals surface area contributed by atoms with Gasteiger partial charge in [-0.2, -0.15) is 5.10 Å². The Bertz CT molecular complexity index is 608. The van der Waals surface area contributed by atoms with Gasteiger partial charge in [0.2, 0.25) is 0 Å². The van der Waals surface area contributed by atoms with Crippen LogP contribution in [0.3, 0.4) is 0 Å². The van der Waals surface area contributed by atoms with Crippen molar-refractivity contribution >= 4 is 11.7 Å². The second-order valence-electron chi connectivity index (χ2n) is 3.90. The fraction of sp³-hybridized carbons (Fsp3) is 0.167. The van der Waals surface area contributed by atoms with Crippen LogP contribution in [-0.4, -0.2) is 27.2 Å². The van der Waals surface area contributed by atoms with Crippen molar-refractivity contribution in [2.24, 2.45) is 0 Å². The molecule has 1 aromatic carbocycles. The highest BCUT2D eigenvalue weighted by Crippen LogP contribution is 2.20. The van der Waals surface area contributed by atoms with Gasteiger partial charge in [-0.05, 0) is 12.1 Å². The normalized spacial score (nSPS) is 10.8. The third-order valence-electron chi connectivity index (χ3n) is 2.43. The first-order chi connectivity index (χ1) is 9.47. The molecule has 1 aromatic heterocycles. The average molecular weight is 285 g/mol. The Hall–Kier alpha value is -2.51. The summed E-state index contributed by atoms with van der Waals surface area (Å²) in [6, 6.07) is 4.72. The minimum absolute atomic E-state index is 0.0155. The third kappa shape index (κ3) is 3.08. The molecule has 106 valence electrons. The van der Waals surface area contributed by atoms with Crippen molar-refractivity contribution in [2.75, 3.05) is 5.32 Å². The summed E-state index contributed by atoms with van der Waals surface area (Å²) in [5.41, 5.74) is -0.532. The first kappa shape index (κ1) is 13.9. The summed E-state index contributed by atoms with van der Waals surface area (Å²) >= 11 is 0. The van der Waals surface area contributed by atoms with Crippen molar-refractivity contribution in [1.29, 1.82) is 0 Å². The van der Waals surface area contributed by atoms with Gasteiger partial charge in [-0.25, -0.2) is 13.2 Å². The number of anilines is 1. The number of carbonyl (C=O) groups excluding carboxylic acids is 1. The van der Waals surface area contributed by atoms with Crippen LogP contribution < -0.4 is 5.32 Å². The number of alkyl halides is 2. The molecule has 20 heavy (non-hydrogen) atoms. The van der Waals surface area contributed by atoms with Gasteiger partial charge in [0.25, 0.3) is 12.3 Å². The molecule has 0 aliphatic rings. The van der Waals surface area contributed by atoms with Gasteiger partial charge in [0.1, 0.15) is 23.7 Å². The molecule has 1 heterocycles. The van der Waals surface area contributed by atoms with Crippen LogP contribution in [0.25, 0.3) is 0 Å². The molecule has 0 unspecified atom stereocenters. The zero-order valence-electron chi connectivity index (χ0n) is 10.1. The molecule has 2 N–H and O–H groups in total. The summed E-state index contributed by atoms with van der Waals surface area (Å²) in [4.78, 5) is 11.8. The average Bonchev–Trinajstić information content (AvgIpc) is 2.75. The lowest BCUT2D eigenvalue weighted by Gasteiger charge is -2.05. The number of hydrogen-bond donors (Lipinski definition) is 2. The van der Waals surface area contributed by atoms with Crippen molar-refractivity contribution in [3.8, 4) is 5.75 Å². The van der Waals surface area contributed by atoms with Gasteiger partial charge in [-0.15, -0.1) is 0 Å². The van der Waals surface area contributed by atoms with Gasteiger partial charge in [-0.1, -0.05) is 6.07 Å². The number of aromatic nitrogens is 2. The van der Waals surface area contributed by atoms with E-state index in [0.717, 1.165) is 16.8 Å². The molecule has 5 nitrogen and oxygen atoms in total. The van der Waals surface area contributed by atoms with Gasteiger partial charge >= 0.3 is 0 Å². The van der Waals surface area contributed by atoms with Crippen LogP contribution >= 0.6 is 0 Å². The molecule has 2 aromatic rings. The van der Waals surface area contributed by atoms with Crippen LogP contribution in [0.1, 0.15) is 10.4 Å². The molecule has 0 saturated heterocycles. The maximum atomic E-state index is 13.4.